The molecular formula is C28H36N2O4. The molecule has 2 atom stereocenters. The highest BCUT2D eigenvalue weighted by Crippen LogP contribution is 2.41. The molecule has 3 aliphatic rings. The Morgan fingerprint density at radius 2 is 1.76 bits per heavy atom. The minimum absolute atomic E-state index is 0.112. The smallest absolute Gasteiger partial charge is 0.161 e. The third kappa shape index (κ3) is 4.54. The zero-order valence-corrected chi connectivity index (χ0v) is 20.3. The van der Waals surface area contributed by atoms with E-state index < -0.39 is 5.60 Å². The number of fused-ring (bicyclic) bond motifs is 2. The molecule has 2 N–H and O–H groups in total. The van der Waals surface area contributed by atoms with Gasteiger partial charge < -0.3 is 29.5 Å². The number of nitrogens with zero attached hydrogens (tertiary/aromatic N) is 1. The second kappa shape index (κ2) is 9.98. The molecular weight excluding hydrogens is 428 g/mol. The molecule has 2 aromatic rings. The van der Waals surface area contributed by atoms with E-state index in [0.29, 0.717) is 25.4 Å². The largest absolute Gasteiger partial charge is 0.486 e. The third-order valence-electron chi connectivity index (χ3n) is 7.40. The van der Waals surface area contributed by atoms with Gasteiger partial charge in [0.2, 0.25) is 0 Å². The van der Waals surface area contributed by atoms with Gasteiger partial charge in [-0.2, -0.15) is 0 Å². The number of nitrogens with one attached hydrogen (secondary N) is 1. The van der Waals surface area contributed by atoms with Gasteiger partial charge in [-0.05, 0) is 91.4 Å². The van der Waals surface area contributed by atoms with Crippen molar-refractivity contribution >= 4 is 11.8 Å². The lowest BCUT2D eigenvalue weighted by Gasteiger charge is -2.35. The van der Waals surface area contributed by atoms with Crippen LogP contribution in [0.4, 0.5) is 5.69 Å². The van der Waals surface area contributed by atoms with E-state index in [1.807, 2.05) is 24.3 Å². The summed E-state index contributed by atoms with van der Waals surface area (Å²) in [6.07, 6.45) is 7.36. The summed E-state index contributed by atoms with van der Waals surface area (Å²) in [7, 11) is 1.72. The van der Waals surface area contributed by atoms with Gasteiger partial charge in [-0.3, -0.25) is 0 Å². The first-order valence-electron chi connectivity index (χ1n) is 12.6. The molecule has 2 aromatic carbocycles. The van der Waals surface area contributed by atoms with Crippen molar-refractivity contribution < 1.29 is 19.3 Å². The quantitative estimate of drug-likeness (QED) is 0.616. The van der Waals surface area contributed by atoms with Crippen LogP contribution in [0.2, 0.25) is 0 Å². The predicted octanol–water partition coefficient (Wildman–Crippen LogP) is 4.76. The zero-order valence-electron chi connectivity index (χ0n) is 20.3. The van der Waals surface area contributed by atoms with Gasteiger partial charge >= 0.3 is 0 Å². The van der Waals surface area contributed by atoms with Crippen LogP contribution >= 0.6 is 0 Å². The van der Waals surface area contributed by atoms with Gasteiger partial charge in [0.1, 0.15) is 25.0 Å². The Hall–Kier alpha value is -2.54. The fraction of sp³-hybridized carbons (Fsp3) is 0.500. The van der Waals surface area contributed by atoms with Gasteiger partial charge in [0.15, 0.2) is 11.5 Å². The van der Waals surface area contributed by atoms with Crippen LogP contribution in [0, 0.1) is 0 Å². The standard InChI is InChI=1S/C28H36N2O4/c1-3-20-17-21-18-22(7-9-24(21)29-27(20)32-2)28(31,11-14-30-12-5-4-6-13-30)23-8-10-25-26(19-23)34-16-15-33-25/h7-10,17-19,27,29,31H,3-6,11-16H2,1-2H3. The summed E-state index contributed by atoms with van der Waals surface area (Å²) in [5, 5.41) is 15.8. The molecule has 34 heavy (non-hydrogen) atoms. The number of piperidine rings is 1. The Kier molecular flexibility index (Phi) is 6.82. The molecule has 0 saturated carbocycles. The average Bonchev–Trinajstić information content (AvgIpc) is 2.90. The number of methoxy groups -OCH3 is 1. The van der Waals surface area contributed by atoms with E-state index in [9.17, 15) is 5.11 Å². The van der Waals surface area contributed by atoms with Crippen LogP contribution in [0.15, 0.2) is 42.0 Å². The van der Waals surface area contributed by atoms with Crippen molar-refractivity contribution in [3.63, 3.8) is 0 Å². The van der Waals surface area contributed by atoms with Crippen molar-refractivity contribution in [2.24, 2.45) is 0 Å². The molecule has 3 heterocycles. The first kappa shape index (κ1) is 23.2. The molecule has 0 radical (unpaired) electrons. The van der Waals surface area contributed by atoms with Crippen LogP contribution in [0.1, 0.15) is 55.7 Å². The normalized spacial score (nSPS) is 21.7. The first-order chi connectivity index (χ1) is 16.6. The molecule has 1 fully saturated rings. The maximum atomic E-state index is 12.3. The molecule has 1 saturated heterocycles. The molecule has 0 aromatic heterocycles. The minimum atomic E-state index is -1.14. The molecule has 2 unspecified atom stereocenters. The Bertz CT molecular complexity index is 1050. The van der Waals surface area contributed by atoms with Gasteiger partial charge in [0.05, 0.1) is 0 Å². The number of rotatable bonds is 7. The summed E-state index contributed by atoms with van der Waals surface area (Å²) in [5.41, 5.74) is 3.89. The number of anilines is 1. The number of aliphatic hydroxyl groups is 1. The van der Waals surface area contributed by atoms with Crippen molar-refractivity contribution in [3.8, 4) is 11.5 Å². The van der Waals surface area contributed by atoms with Gasteiger partial charge in [0.25, 0.3) is 0 Å². The minimum Gasteiger partial charge on any atom is -0.486 e. The molecule has 182 valence electrons. The van der Waals surface area contributed by atoms with Crippen molar-refractivity contribution in [1.82, 2.24) is 4.90 Å². The summed E-state index contributed by atoms with van der Waals surface area (Å²) in [6, 6.07) is 12.1. The molecule has 3 aliphatic heterocycles. The number of likely N-dealkylation sites (tertiary alicyclic amines) is 1. The average molecular weight is 465 g/mol. The highest BCUT2D eigenvalue weighted by molar-refractivity contribution is 5.74. The van der Waals surface area contributed by atoms with E-state index >= 15 is 0 Å². The monoisotopic (exact) mass is 464 g/mol. The maximum absolute atomic E-state index is 12.3. The van der Waals surface area contributed by atoms with E-state index in [0.717, 1.165) is 54.2 Å². The summed E-state index contributed by atoms with van der Waals surface area (Å²) >= 11 is 0. The van der Waals surface area contributed by atoms with Crippen LogP contribution in [-0.2, 0) is 10.3 Å². The SMILES string of the molecule is CCC1=Cc2cc(C(O)(CCN3CCCCC3)c3ccc4c(c3)OCCO4)ccc2NC1OC. The molecule has 0 aliphatic carbocycles. The first-order valence-corrected chi connectivity index (χ1v) is 12.6. The van der Waals surface area contributed by atoms with Crippen LogP contribution < -0.4 is 14.8 Å². The summed E-state index contributed by atoms with van der Waals surface area (Å²) in [6.45, 7) is 6.27. The highest BCUT2D eigenvalue weighted by atomic mass is 16.6. The third-order valence-corrected chi connectivity index (χ3v) is 7.40. The van der Waals surface area contributed by atoms with E-state index in [4.69, 9.17) is 14.2 Å². The number of benzene rings is 2. The molecule has 5 rings (SSSR count). The van der Waals surface area contributed by atoms with E-state index in [-0.39, 0.29) is 6.23 Å². The van der Waals surface area contributed by atoms with Crippen LogP contribution in [0.3, 0.4) is 0 Å². The maximum Gasteiger partial charge on any atom is 0.161 e. The second-order valence-electron chi connectivity index (χ2n) is 9.51. The summed E-state index contributed by atoms with van der Waals surface area (Å²) < 4.78 is 17.2. The fourth-order valence-corrected chi connectivity index (χ4v) is 5.34. The lowest BCUT2D eigenvalue weighted by atomic mass is 9.81. The lowest BCUT2D eigenvalue weighted by Crippen LogP contribution is -2.37. The second-order valence-corrected chi connectivity index (χ2v) is 9.51. The van der Waals surface area contributed by atoms with E-state index in [2.05, 4.69) is 35.3 Å². The van der Waals surface area contributed by atoms with Crippen molar-refractivity contribution in [3.05, 3.63) is 58.7 Å². The topological polar surface area (TPSA) is 63.2 Å². The molecule has 0 bridgehead atoms. The van der Waals surface area contributed by atoms with Crippen LogP contribution in [-0.4, -0.2) is 56.2 Å². The Balaban J connectivity index is 1.52. The zero-order chi connectivity index (χ0) is 23.5. The molecule has 0 amide bonds. The van der Waals surface area contributed by atoms with Crippen molar-refractivity contribution in [2.75, 3.05) is 45.3 Å². The Morgan fingerprint density at radius 1 is 1.03 bits per heavy atom. The lowest BCUT2D eigenvalue weighted by molar-refractivity contribution is 0.0539. The van der Waals surface area contributed by atoms with Crippen molar-refractivity contribution in [2.45, 2.75) is 50.9 Å². The van der Waals surface area contributed by atoms with E-state index in [1.54, 1.807) is 7.11 Å². The number of hydrogen-bond acceptors (Lipinski definition) is 6. The Morgan fingerprint density at radius 3 is 2.53 bits per heavy atom. The molecule has 6 nitrogen and oxygen atoms in total. The molecule has 0 spiro atoms. The highest BCUT2D eigenvalue weighted by Gasteiger charge is 2.34. The van der Waals surface area contributed by atoms with Gasteiger partial charge in [0, 0.05) is 19.3 Å². The van der Waals surface area contributed by atoms with Crippen LogP contribution in [0.5, 0.6) is 11.5 Å². The number of hydrogen-bond donors (Lipinski definition) is 2. The fourth-order valence-electron chi connectivity index (χ4n) is 5.34. The van der Waals surface area contributed by atoms with Gasteiger partial charge in [-0.15, -0.1) is 0 Å². The number of ether oxygens (including phenoxy) is 3. The summed E-state index contributed by atoms with van der Waals surface area (Å²) in [4.78, 5) is 2.48. The summed E-state index contributed by atoms with van der Waals surface area (Å²) in [5.74, 6) is 1.44. The predicted molar refractivity (Wildman–Crippen MR) is 134 cm³/mol. The van der Waals surface area contributed by atoms with E-state index in [1.165, 1.54) is 24.8 Å². The Labute approximate surface area is 202 Å². The molecule has 6 heteroatoms. The van der Waals surface area contributed by atoms with Gasteiger partial charge in [-0.1, -0.05) is 25.5 Å². The van der Waals surface area contributed by atoms with Gasteiger partial charge in [-0.25, -0.2) is 0 Å². The van der Waals surface area contributed by atoms with Crippen LogP contribution in [0.25, 0.3) is 6.08 Å². The van der Waals surface area contributed by atoms with Crippen molar-refractivity contribution in [1.29, 1.82) is 0 Å².